The van der Waals surface area contributed by atoms with Crippen LogP contribution in [0.1, 0.15) is 29.8 Å². The van der Waals surface area contributed by atoms with Crippen molar-refractivity contribution in [3.05, 3.63) is 34.3 Å². The third kappa shape index (κ3) is 3.22. The molecule has 0 unspecified atom stereocenters. The molecule has 0 fully saturated rings. The maximum absolute atomic E-state index is 11.8. The van der Waals surface area contributed by atoms with Crippen LogP contribution in [0.15, 0.2) is 18.2 Å². The lowest BCUT2D eigenvalue weighted by Crippen LogP contribution is -2.46. The highest BCUT2D eigenvalue weighted by Crippen LogP contribution is 2.18. The largest absolute Gasteiger partial charge is 0.394 e. The highest BCUT2D eigenvalue weighted by Gasteiger charge is 2.21. The second-order valence-corrected chi connectivity index (χ2v) is 4.89. The van der Waals surface area contributed by atoms with E-state index in [1.54, 1.807) is 26.0 Å². The summed E-state index contributed by atoms with van der Waals surface area (Å²) >= 11 is 5.97. The lowest BCUT2D eigenvalue weighted by molar-refractivity contribution is 0.0869. The molecule has 0 spiro atoms. The van der Waals surface area contributed by atoms with Gasteiger partial charge in [-0.2, -0.15) is 0 Å². The number of aliphatic hydroxyl groups is 1. The van der Waals surface area contributed by atoms with Crippen LogP contribution in [0.25, 0.3) is 0 Å². The number of rotatable bonds is 3. The van der Waals surface area contributed by atoms with Gasteiger partial charge in [-0.15, -0.1) is 0 Å². The van der Waals surface area contributed by atoms with Crippen molar-refractivity contribution in [2.24, 2.45) is 0 Å². The van der Waals surface area contributed by atoms with E-state index in [9.17, 15) is 4.79 Å². The Morgan fingerprint density at radius 2 is 2.12 bits per heavy atom. The van der Waals surface area contributed by atoms with Gasteiger partial charge in [-0.05, 0) is 38.5 Å². The van der Waals surface area contributed by atoms with Gasteiger partial charge in [0.05, 0.1) is 22.7 Å². The number of benzene rings is 1. The lowest BCUT2D eigenvalue weighted by Gasteiger charge is -2.23. The van der Waals surface area contributed by atoms with Gasteiger partial charge in [0.15, 0.2) is 0 Å². The van der Waals surface area contributed by atoms with Crippen LogP contribution in [0.4, 0.5) is 0 Å². The van der Waals surface area contributed by atoms with Gasteiger partial charge < -0.3 is 10.4 Å². The van der Waals surface area contributed by atoms with E-state index in [4.69, 9.17) is 16.7 Å². The number of amides is 1. The monoisotopic (exact) mass is 241 g/mol. The maximum Gasteiger partial charge on any atom is 0.253 e. The first-order chi connectivity index (χ1) is 7.35. The molecule has 0 aliphatic heterocycles. The summed E-state index contributed by atoms with van der Waals surface area (Å²) in [7, 11) is 0. The molecule has 4 heteroatoms. The fourth-order valence-electron chi connectivity index (χ4n) is 1.22. The highest BCUT2D eigenvalue weighted by atomic mass is 35.5. The molecular formula is C12H16ClNO2. The quantitative estimate of drug-likeness (QED) is 0.852. The van der Waals surface area contributed by atoms with Crippen molar-refractivity contribution in [2.75, 3.05) is 6.61 Å². The Labute approximate surface area is 100 Å². The first kappa shape index (κ1) is 13.0. The van der Waals surface area contributed by atoms with Crippen LogP contribution < -0.4 is 5.32 Å². The number of carbonyl (C=O) groups excluding carboxylic acids is 1. The normalized spacial score (nSPS) is 11.3. The molecular weight excluding hydrogens is 226 g/mol. The van der Waals surface area contributed by atoms with Gasteiger partial charge in [-0.1, -0.05) is 17.7 Å². The highest BCUT2D eigenvalue weighted by molar-refractivity contribution is 6.33. The molecule has 0 heterocycles. The van der Waals surface area contributed by atoms with E-state index < -0.39 is 5.54 Å². The van der Waals surface area contributed by atoms with Gasteiger partial charge in [-0.25, -0.2) is 0 Å². The van der Waals surface area contributed by atoms with Crippen molar-refractivity contribution in [1.29, 1.82) is 0 Å². The maximum atomic E-state index is 11.8. The molecule has 2 N–H and O–H groups in total. The molecule has 1 aromatic carbocycles. The van der Waals surface area contributed by atoms with Crippen molar-refractivity contribution in [3.63, 3.8) is 0 Å². The molecule has 0 aromatic heterocycles. The average molecular weight is 242 g/mol. The first-order valence-electron chi connectivity index (χ1n) is 5.05. The number of aryl methyl sites for hydroxylation is 1. The second-order valence-electron chi connectivity index (χ2n) is 4.48. The van der Waals surface area contributed by atoms with Gasteiger partial charge in [0.1, 0.15) is 0 Å². The molecule has 3 nitrogen and oxygen atoms in total. The molecule has 0 saturated heterocycles. The molecule has 0 bridgehead atoms. The molecule has 1 rings (SSSR count). The summed E-state index contributed by atoms with van der Waals surface area (Å²) in [5.74, 6) is -0.274. The Kier molecular flexibility index (Phi) is 3.94. The number of nitrogens with one attached hydrogen (secondary N) is 1. The lowest BCUT2D eigenvalue weighted by atomic mass is 10.1. The van der Waals surface area contributed by atoms with E-state index in [0.717, 1.165) is 5.56 Å². The first-order valence-corrected chi connectivity index (χ1v) is 5.43. The topological polar surface area (TPSA) is 49.3 Å². The number of halogens is 1. The predicted molar refractivity (Wildman–Crippen MR) is 64.8 cm³/mol. The Morgan fingerprint density at radius 1 is 1.50 bits per heavy atom. The molecule has 1 amide bonds. The minimum Gasteiger partial charge on any atom is -0.394 e. The smallest absolute Gasteiger partial charge is 0.253 e. The number of carbonyl (C=O) groups is 1. The van der Waals surface area contributed by atoms with Crippen LogP contribution >= 0.6 is 11.6 Å². The van der Waals surface area contributed by atoms with Gasteiger partial charge in [0.2, 0.25) is 0 Å². The molecule has 1 aromatic rings. The number of hydrogen-bond acceptors (Lipinski definition) is 2. The zero-order valence-corrected chi connectivity index (χ0v) is 10.4. The summed E-state index contributed by atoms with van der Waals surface area (Å²) in [5.41, 5.74) is 0.780. The Hall–Kier alpha value is -1.06. The third-order valence-corrected chi connectivity index (χ3v) is 2.53. The van der Waals surface area contributed by atoms with Gasteiger partial charge in [-0.3, -0.25) is 4.79 Å². The summed E-state index contributed by atoms with van der Waals surface area (Å²) in [4.78, 5) is 11.8. The van der Waals surface area contributed by atoms with Crippen LogP contribution in [0.2, 0.25) is 5.02 Å². The summed E-state index contributed by atoms with van der Waals surface area (Å²) in [6.45, 7) is 5.27. The van der Waals surface area contributed by atoms with Crippen LogP contribution in [0.3, 0.4) is 0 Å². The van der Waals surface area contributed by atoms with Crippen molar-refractivity contribution < 1.29 is 9.90 Å². The third-order valence-electron chi connectivity index (χ3n) is 2.22. The Morgan fingerprint density at radius 3 is 2.62 bits per heavy atom. The second kappa shape index (κ2) is 4.85. The minimum atomic E-state index is -0.648. The van der Waals surface area contributed by atoms with E-state index in [0.29, 0.717) is 10.6 Å². The molecule has 0 radical (unpaired) electrons. The summed E-state index contributed by atoms with van der Waals surface area (Å²) in [5, 5.41) is 12.2. The molecule has 0 atom stereocenters. The average Bonchev–Trinajstić information content (AvgIpc) is 2.16. The van der Waals surface area contributed by atoms with Crippen molar-refractivity contribution in [2.45, 2.75) is 26.3 Å². The molecule has 88 valence electrons. The van der Waals surface area contributed by atoms with Gasteiger partial charge >= 0.3 is 0 Å². The van der Waals surface area contributed by atoms with Crippen LogP contribution in [0, 0.1) is 6.92 Å². The molecule has 0 aliphatic rings. The SMILES string of the molecule is Cc1ccc(C(=O)NC(C)(C)CO)c(Cl)c1. The standard InChI is InChI=1S/C12H16ClNO2/c1-8-4-5-9(10(13)6-8)11(16)14-12(2,3)7-15/h4-6,15H,7H2,1-3H3,(H,14,16). The van der Waals surface area contributed by atoms with Crippen LogP contribution in [-0.4, -0.2) is 23.2 Å². The van der Waals surface area contributed by atoms with Crippen molar-refractivity contribution in [1.82, 2.24) is 5.32 Å². The zero-order valence-electron chi connectivity index (χ0n) is 9.67. The fraction of sp³-hybridized carbons (Fsp3) is 0.417. The molecule has 16 heavy (non-hydrogen) atoms. The minimum absolute atomic E-state index is 0.123. The predicted octanol–water partition coefficient (Wildman–Crippen LogP) is 2.15. The summed E-state index contributed by atoms with van der Waals surface area (Å²) < 4.78 is 0. The Balaban J connectivity index is 2.89. The van der Waals surface area contributed by atoms with Gasteiger partial charge in [0.25, 0.3) is 5.91 Å². The molecule has 0 saturated carbocycles. The Bertz CT molecular complexity index is 402. The summed E-state index contributed by atoms with van der Waals surface area (Å²) in [6, 6.07) is 5.25. The van der Waals surface area contributed by atoms with Crippen LogP contribution in [0.5, 0.6) is 0 Å². The van der Waals surface area contributed by atoms with Crippen LogP contribution in [-0.2, 0) is 0 Å². The zero-order chi connectivity index (χ0) is 12.3. The van der Waals surface area contributed by atoms with Crippen molar-refractivity contribution in [3.8, 4) is 0 Å². The fourth-order valence-corrected chi connectivity index (χ4v) is 1.54. The van der Waals surface area contributed by atoms with Gasteiger partial charge in [0, 0.05) is 0 Å². The summed E-state index contributed by atoms with van der Waals surface area (Å²) in [6.07, 6.45) is 0. The van der Waals surface area contributed by atoms with E-state index in [1.165, 1.54) is 0 Å². The molecule has 0 aliphatic carbocycles. The van der Waals surface area contributed by atoms with E-state index >= 15 is 0 Å². The number of hydrogen-bond donors (Lipinski definition) is 2. The number of aliphatic hydroxyl groups excluding tert-OH is 1. The van der Waals surface area contributed by atoms with E-state index in [1.807, 2.05) is 13.0 Å². The van der Waals surface area contributed by atoms with E-state index in [2.05, 4.69) is 5.32 Å². The van der Waals surface area contributed by atoms with Crippen molar-refractivity contribution >= 4 is 17.5 Å². The van der Waals surface area contributed by atoms with E-state index in [-0.39, 0.29) is 12.5 Å².